The molecule has 2 aromatic rings. The van der Waals surface area contributed by atoms with Crippen molar-refractivity contribution in [2.24, 2.45) is 0 Å². The van der Waals surface area contributed by atoms with Gasteiger partial charge in [-0.2, -0.15) is 9.61 Å². The summed E-state index contributed by atoms with van der Waals surface area (Å²) in [5.74, 6) is 0.772. The Bertz CT molecular complexity index is 1380. The van der Waals surface area contributed by atoms with Crippen molar-refractivity contribution >= 4 is 27.4 Å². The second-order valence-corrected chi connectivity index (χ2v) is 11.9. The molecule has 1 amide bonds. The van der Waals surface area contributed by atoms with E-state index >= 15 is 0 Å². The van der Waals surface area contributed by atoms with Crippen LogP contribution in [0.4, 0.5) is 5.82 Å². The molecule has 0 spiro atoms. The molecule has 2 aliphatic rings. The van der Waals surface area contributed by atoms with Gasteiger partial charge in [0, 0.05) is 37.0 Å². The normalized spacial score (nSPS) is 19.2. The van der Waals surface area contributed by atoms with Crippen molar-refractivity contribution < 1.29 is 13.2 Å². The number of aromatic nitrogens is 3. The fourth-order valence-corrected chi connectivity index (χ4v) is 5.36. The van der Waals surface area contributed by atoms with Crippen LogP contribution in [0.25, 0.3) is 5.65 Å². The number of hydrogen-bond donors (Lipinski definition) is 1. The number of piperidine rings is 1. The Hall–Kier alpha value is -3.14. The van der Waals surface area contributed by atoms with Crippen LogP contribution in [-0.2, 0) is 14.8 Å². The molecule has 0 aromatic carbocycles. The van der Waals surface area contributed by atoms with Gasteiger partial charge >= 0.3 is 0 Å². The van der Waals surface area contributed by atoms with Crippen LogP contribution in [0.3, 0.4) is 0 Å². The molecule has 4 rings (SSSR count). The molecule has 9 nitrogen and oxygen atoms in total. The molecule has 2 aliphatic heterocycles. The maximum Gasteiger partial charge on any atom is 0.255 e. The molecule has 200 valence electrons. The van der Waals surface area contributed by atoms with E-state index in [4.69, 9.17) is 10.1 Å². The first-order chi connectivity index (χ1) is 17.5. The molecule has 1 N–H and O–H groups in total. The minimum atomic E-state index is -3.60. The first kappa shape index (κ1) is 26.9. The molecule has 2 fully saturated rings. The van der Waals surface area contributed by atoms with Crippen molar-refractivity contribution in [1.82, 2.24) is 24.2 Å². The van der Waals surface area contributed by atoms with Crippen LogP contribution < -0.4 is 9.62 Å². The van der Waals surface area contributed by atoms with E-state index in [0.29, 0.717) is 6.54 Å². The fourth-order valence-electron chi connectivity index (χ4n) is 4.77. The van der Waals surface area contributed by atoms with Crippen molar-refractivity contribution in [2.45, 2.75) is 65.8 Å². The van der Waals surface area contributed by atoms with Crippen LogP contribution in [0.1, 0.15) is 68.9 Å². The van der Waals surface area contributed by atoms with Crippen molar-refractivity contribution in [3.05, 3.63) is 58.6 Å². The van der Waals surface area contributed by atoms with Gasteiger partial charge in [-0.05, 0) is 59.0 Å². The Morgan fingerprint density at radius 1 is 1.19 bits per heavy atom. The predicted octanol–water partition coefficient (Wildman–Crippen LogP) is 3.96. The molecule has 0 radical (unpaired) electrons. The molecule has 2 saturated heterocycles. The van der Waals surface area contributed by atoms with Crippen molar-refractivity contribution in [3.63, 3.8) is 0 Å². The summed E-state index contributed by atoms with van der Waals surface area (Å²) >= 11 is 0. The molecule has 1 atom stereocenters. The zero-order chi connectivity index (χ0) is 26.9. The van der Waals surface area contributed by atoms with Crippen LogP contribution in [0.2, 0.25) is 0 Å². The number of rotatable bonds is 8. The predicted molar refractivity (Wildman–Crippen MR) is 147 cm³/mol. The van der Waals surface area contributed by atoms with E-state index in [0.717, 1.165) is 85.4 Å². The summed E-state index contributed by atoms with van der Waals surface area (Å²) in [4.78, 5) is 22.6. The van der Waals surface area contributed by atoms with Gasteiger partial charge in [-0.1, -0.05) is 25.2 Å². The smallest absolute Gasteiger partial charge is 0.255 e. The van der Waals surface area contributed by atoms with Gasteiger partial charge in [0.05, 0.1) is 29.3 Å². The third-order valence-corrected chi connectivity index (χ3v) is 7.89. The van der Waals surface area contributed by atoms with E-state index in [1.54, 1.807) is 11.0 Å². The number of nitrogens with zero attached hydrogens (tertiary/aromatic N) is 5. The molecule has 4 heterocycles. The number of aryl methyl sites for hydroxylation is 1. The first-order valence-electron chi connectivity index (χ1n) is 13.0. The Morgan fingerprint density at radius 3 is 2.54 bits per heavy atom. The largest absolute Gasteiger partial charge is 0.356 e. The minimum absolute atomic E-state index is 0.118. The van der Waals surface area contributed by atoms with Crippen LogP contribution in [0.5, 0.6) is 0 Å². The standard InChI is InChI=1S/C27H38N6O3S/c1-7-18(2)12-13-22(30-37(6,35)36)20(4)27(34)32-16-9-8-11-24(32)23-17-25-28-21(5)19(3)26(33(25)29-23)31-14-10-15-31/h12-13,17,24,30H,4,7-11,14-16H2,1-3,5-6H3/b18-12-,22-13+/t24-/m0/s1. The summed E-state index contributed by atoms with van der Waals surface area (Å²) in [7, 11) is -3.60. The van der Waals surface area contributed by atoms with Gasteiger partial charge in [0.25, 0.3) is 5.91 Å². The Kier molecular flexibility index (Phi) is 7.77. The number of hydrogen-bond acceptors (Lipinski definition) is 6. The topological polar surface area (TPSA) is 99.9 Å². The van der Waals surface area contributed by atoms with Crippen molar-refractivity contribution in [3.8, 4) is 0 Å². The Morgan fingerprint density at radius 2 is 1.92 bits per heavy atom. The molecule has 0 saturated carbocycles. The molecule has 0 unspecified atom stereocenters. The summed E-state index contributed by atoms with van der Waals surface area (Å²) in [6.07, 6.45) is 9.10. The maximum absolute atomic E-state index is 13.7. The van der Waals surface area contributed by atoms with Crippen LogP contribution in [0, 0.1) is 13.8 Å². The maximum atomic E-state index is 13.7. The summed E-state index contributed by atoms with van der Waals surface area (Å²) in [5.41, 5.74) is 5.02. The first-order valence-corrected chi connectivity index (χ1v) is 14.9. The summed E-state index contributed by atoms with van der Waals surface area (Å²) < 4.78 is 28.5. The van der Waals surface area contributed by atoms with Gasteiger partial charge in [-0.15, -0.1) is 0 Å². The van der Waals surface area contributed by atoms with Gasteiger partial charge in [-0.3, -0.25) is 9.52 Å². The number of carbonyl (C=O) groups excluding carboxylic acids is 1. The third kappa shape index (κ3) is 5.74. The lowest BCUT2D eigenvalue weighted by molar-refractivity contribution is -0.130. The lowest BCUT2D eigenvalue weighted by Gasteiger charge is -2.35. The zero-order valence-corrected chi connectivity index (χ0v) is 23.4. The number of anilines is 1. The number of fused-ring (bicyclic) bond motifs is 1. The van der Waals surface area contributed by atoms with E-state index in [1.165, 1.54) is 0 Å². The second kappa shape index (κ2) is 10.7. The zero-order valence-electron chi connectivity index (χ0n) is 22.5. The van der Waals surface area contributed by atoms with Gasteiger partial charge < -0.3 is 9.80 Å². The summed E-state index contributed by atoms with van der Waals surface area (Å²) in [5, 5.41) is 4.96. The minimum Gasteiger partial charge on any atom is -0.356 e. The lowest BCUT2D eigenvalue weighted by Crippen LogP contribution is -2.41. The highest BCUT2D eigenvalue weighted by molar-refractivity contribution is 7.88. The van der Waals surface area contributed by atoms with E-state index < -0.39 is 10.0 Å². The average Bonchev–Trinajstić information content (AvgIpc) is 3.24. The monoisotopic (exact) mass is 526 g/mol. The lowest BCUT2D eigenvalue weighted by atomic mass is 9.98. The Labute approximate surface area is 220 Å². The highest BCUT2D eigenvalue weighted by Gasteiger charge is 2.33. The number of allylic oxidation sites excluding steroid dienone is 3. The fraction of sp³-hybridized carbons (Fsp3) is 0.519. The van der Waals surface area contributed by atoms with Gasteiger partial charge in [0.2, 0.25) is 10.0 Å². The molecule has 10 heteroatoms. The van der Waals surface area contributed by atoms with Gasteiger partial charge in [0.15, 0.2) is 5.65 Å². The van der Waals surface area contributed by atoms with Crippen LogP contribution >= 0.6 is 0 Å². The number of amides is 1. The van der Waals surface area contributed by atoms with E-state index in [9.17, 15) is 13.2 Å². The molecule has 0 bridgehead atoms. The number of likely N-dealkylation sites (tertiary alicyclic amines) is 1. The molecule has 2 aromatic heterocycles. The number of sulfonamides is 1. The van der Waals surface area contributed by atoms with Crippen LogP contribution in [-0.4, -0.2) is 59.7 Å². The highest BCUT2D eigenvalue weighted by atomic mass is 32.2. The number of nitrogens with one attached hydrogen (secondary N) is 1. The van der Waals surface area contributed by atoms with Crippen molar-refractivity contribution in [1.29, 1.82) is 0 Å². The summed E-state index contributed by atoms with van der Waals surface area (Å²) in [6.45, 7) is 14.6. The average molecular weight is 527 g/mol. The van der Waals surface area contributed by atoms with Crippen LogP contribution in [0.15, 0.2) is 41.6 Å². The van der Waals surface area contributed by atoms with Gasteiger partial charge in [-0.25, -0.2) is 13.4 Å². The van der Waals surface area contributed by atoms with E-state index in [1.807, 2.05) is 37.4 Å². The molecule has 37 heavy (non-hydrogen) atoms. The third-order valence-electron chi connectivity index (χ3n) is 7.30. The second-order valence-electron chi connectivity index (χ2n) is 10.1. The SMILES string of the molecule is C=C(C(=O)N1CCCC[C@H]1c1cc2nc(C)c(C)c(N3CCC3)n2n1)/C(=C\C=C(\C)CC)NS(C)(=O)=O. The Balaban J connectivity index is 1.69. The van der Waals surface area contributed by atoms with Crippen molar-refractivity contribution in [2.75, 3.05) is 30.8 Å². The molecular formula is C27H38N6O3S. The number of carbonyl (C=O) groups is 1. The van der Waals surface area contributed by atoms with Gasteiger partial charge in [0.1, 0.15) is 5.82 Å². The quantitative estimate of drug-likeness (QED) is 0.413. The highest BCUT2D eigenvalue weighted by Crippen LogP contribution is 2.34. The van der Waals surface area contributed by atoms with E-state index in [2.05, 4.69) is 23.1 Å². The molecule has 0 aliphatic carbocycles. The molecular weight excluding hydrogens is 488 g/mol. The van der Waals surface area contributed by atoms with E-state index in [-0.39, 0.29) is 23.2 Å². The summed E-state index contributed by atoms with van der Waals surface area (Å²) in [6, 6.07) is 1.74.